The van der Waals surface area contributed by atoms with Crippen molar-refractivity contribution >= 4 is 5.97 Å². The number of carbonyl (C=O) groups excluding carboxylic acids is 1. The molecule has 0 N–H and O–H groups in total. The van der Waals surface area contributed by atoms with Gasteiger partial charge in [-0.05, 0) is 38.2 Å². The number of carbonyl (C=O) groups is 1. The standard InChI is InChI=1S/C28H36O8/c29-25-15-20-19(8-5-12-27-32-17-18-7-1-2-9-21(18)34-27)23(16-24(20)33-25)36-28-22(10-6-14-31-28)35-26-11-3-4-13-30-26/h1-2,5,7-9,19-20,22-24,26-28H,3-4,6,10-17H2/t19-,20-,22-,23-,24+,26?,27?,28?/m1/s1. The number of ether oxygens (including phenoxy) is 7. The van der Waals surface area contributed by atoms with Crippen LogP contribution in [0.4, 0.5) is 0 Å². The highest BCUT2D eigenvalue weighted by Gasteiger charge is 2.51. The fraction of sp³-hybridized carbons (Fsp3) is 0.679. The molecule has 0 amide bonds. The van der Waals surface area contributed by atoms with Gasteiger partial charge in [-0.15, -0.1) is 0 Å². The van der Waals surface area contributed by atoms with E-state index in [1.165, 1.54) is 0 Å². The van der Waals surface area contributed by atoms with Crippen LogP contribution >= 0.6 is 0 Å². The molecule has 36 heavy (non-hydrogen) atoms. The summed E-state index contributed by atoms with van der Waals surface area (Å²) in [7, 11) is 0. The molecule has 6 rings (SSSR count). The number of para-hydroxylation sites is 1. The minimum Gasteiger partial charge on any atom is -0.464 e. The first kappa shape index (κ1) is 24.4. The maximum absolute atomic E-state index is 12.0. The van der Waals surface area contributed by atoms with Gasteiger partial charge in [-0.25, -0.2) is 0 Å². The average molecular weight is 501 g/mol. The van der Waals surface area contributed by atoms with Crippen LogP contribution in [0.2, 0.25) is 0 Å². The van der Waals surface area contributed by atoms with Crippen LogP contribution in [0, 0.1) is 11.8 Å². The minimum absolute atomic E-state index is 0.0504. The number of esters is 1. The lowest BCUT2D eigenvalue weighted by atomic mass is 9.91. The predicted octanol–water partition coefficient (Wildman–Crippen LogP) is 4.25. The molecule has 8 heteroatoms. The lowest BCUT2D eigenvalue weighted by molar-refractivity contribution is -0.288. The van der Waals surface area contributed by atoms with E-state index < -0.39 is 6.29 Å². The molecular formula is C28H36O8. The summed E-state index contributed by atoms with van der Waals surface area (Å²) in [5.41, 5.74) is 1.06. The van der Waals surface area contributed by atoms with Crippen LogP contribution in [-0.2, 0) is 39.8 Å². The highest BCUT2D eigenvalue weighted by molar-refractivity contribution is 5.72. The van der Waals surface area contributed by atoms with Crippen molar-refractivity contribution in [2.75, 3.05) is 13.2 Å². The topological polar surface area (TPSA) is 81.7 Å². The van der Waals surface area contributed by atoms with Gasteiger partial charge in [0, 0.05) is 43.5 Å². The molecule has 4 heterocycles. The van der Waals surface area contributed by atoms with Gasteiger partial charge in [0.15, 0.2) is 12.6 Å². The summed E-state index contributed by atoms with van der Waals surface area (Å²) < 4.78 is 42.2. The van der Waals surface area contributed by atoms with Crippen molar-refractivity contribution in [3.05, 3.63) is 42.0 Å². The fourth-order valence-electron chi connectivity index (χ4n) is 6.04. The molecule has 1 saturated carbocycles. The summed E-state index contributed by atoms with van der Waals surface area (Å²) in [5.74, 6) is 0.912. The Kier molecular flexibility index (Phi) is 7.58. The van der Waals surface area contributed by atoms with Gasteiger partial charge in [0.05, 0.1) is 19.1 Å². The summed E-state index contributed by atoms with van der Waals surface area (Å²) in [4.78, 5) is 12.0. The Morgan fingerprint density at radius 1 is 0.944 bits per heavy atom. The molecule has 1 aliphatic carbocycles. The third kappa shape index (κ3) is 5.48. The minimum atomic E-state index is -0.443. The maximum Gasteiger partial charge on any atom is 0.306 e. The van der Waals surface area contributed by atoms with Crippen molar-refractivity contribution in [2.24, 2.45) is 11.8 Å². The highest BCUT2D eigenvalue weighted by atomic mass is 16.7. The molecular weight excluding hydrogens is 464 g/mol. The van der Waals surface area contributed by atoms with Crippen LogP contribution in [0.15, 0.2) is 36.4 Å². The molecule has 3 saturated heterocycles. The molecule has 0 spiro atoms. The summed E-state index contributed by atoms with van der Waals surface area (Å²) >= 11 is 0. The van der Waals surface area contributed by atoms with E-state index in [0.29, 0.717) is 32.5 Å². The Balaban J connectivity index is 1.10. The molecule has 1 aromatic carbocycles. The van der Waals surface area contributed by atoms with E-state index in [1.54, 1.807) is 0 Å². The maximum atomic E-state index is 12.0. The summed E-state index contributed by atoms with van der Waals surface area (Å²) in [6.45, 7) is 1.94. The molecule has 1 aromatic rings. The first-order valence-electron chi connectivity index (χ1n) is 13.5. The van der Waals surface area contributed by atoms with Crippen molar-refractivity contribution in [3.8, 4) is 5.75 Å². The van der Waals surface area contributed by atoms with Gasteiger partial charge in [0.2, 0.25) is 6.29 Å². The monoisotopic (exact) mass is 500 g/mol. The zero-order valence-corrected chi connectivity index (χ0v) is 20.6. The lowest BCUT2D eigenvalue weighted by Crippen LogP contribution is -2.44. The molecule has 8 atom stereocenters. The van der Waals surface area contributed by atoms with Gasteiger partial charge < -0.3 is 33.2 Å². The first-order valence-corrected chi connectivity index (χ1v) is 13.5. The van der Waals surface area contributed by atoms with E-state index in [0.717, 1.165) is 50.0 Å². The fourth-order valence-corrected chi connectivity index (χ4v) is 6.04. The van der Waals surface area contributed by atoms with E-state index >= 15 is 0 Å². The second kappa shape index (κ2) is 11.2. The van der Waals surface area contributed by atoms with Crippen LogP contribution in [0.3, 0.4) is 0 Å². The Morgan fingerprint density at radius 3 is 2.78 bits per heavy atom. The largest absolute Gasteiger partial charge is 0.464 e. The molecule has 4 aliphatic heterocycles. The molecule has 0 aromatic heterocycles. The number of fused-ring (bicyclic) bond motifs is 2. The number of hydrogen-bond acceptors (Lipinski definition) is 8. The zero-order valence-electron chi connectivity index (χ0n) is 20.6. The third-order valence-corrected chi connectivity index (χ3v) is 7.89. The second-order valence-corrected chi connectivity index (χ2v) is 10.4. The van der Waals surface area contributed by atoms with E-state index in [1.807, 2.05) is 24.3 Å². The van der Waals surface area contributed by atoms with Crippen molar-refractivity contribution < 1.29 is 38.0 Å². The molecule has 3 unspecified atom stereocenters. The lowest BCUT2D eigenvalue weighted by Gasteiger charge is -2.37. The second-order valence-electron chi connectivity index (χ2n) is 10.4. The van der Waals surface area contributed by atoms with E-state index in [2.05, 4.69) is 12.2 Å². The zero-order chi connectivity index (χ0) is 24.3. The first-order chi connectivity index (χ1) is 17.7. The third-order valence-electron chi connectivity index (χ3n) is 7.89. The normalized spacial score (nSPS) is 38.4. The summed E-state index contributed by atoms with van der Waals surface area (Å²) in [6.07, 6.45) is 9.57. The van der Waals surface area contributed by atoms with Crippen LogP contribution < -0.4 is 4.74 Å². The van der Waals surface area contributed by atoms with Gasteiger partial charge in [0.1, 0.15) is 18.0 Å². The van der Waals surface area contributed by atoms with Gasteiger partial charge in [-0.1, -0.05) is 30.4 Å². The number of rotatable bonds is 7. The molecule has 4 fully saturated rings. The Hall–Kier alpha value is -1.97. The van der Waals surface area contributed by atoms with Gasteiger partial charge in [0.25, 0.3) is 0 Å². The van der Waals surface area contributed by atoms with E-state index in [-0.39, 0.29) is 48.7 Å². The van der Waals surface area contributed by atoms with Crippen molar-refractivity contribution in [3.63, 3.8) is 0 Å². The molecule has 5 aliphatic rings. The number of hydrogen-bond donors (Lipinski definition) is 0. The Labute approximate surface area is 212 Å². The van der Waals surface area contributed by atoms with Gasteiger partial charge >= 0.3 is 5.97 Å². The molecule has 8 nitrogen and oxygen atoms in total. The van der Waals surface area contributed by atoms with Crippen molar-refractivity contribution in [2.45, 2.75) is 95.2 Å². The van der Waals surface area contributed by atoms with Crippen LogP contribution in [0.5, 0.6) is 5.75 Å². The molecule has 0 bridgehead atoms. The highest BCUT2D eigenvalue weighted by Crippen LogP contribution is 2.44. The van der Waals surface area contributed by atoms with Gasteiger partial charge in [-0.3, -0.25) is 4.79 Å². The quantitative estimate of drug-likeness (QED) is 0.406. The molecule has 196 valence electrons. The van der Waals surface area contributed by atoms with Crippen molar-refractivity contribution in [1.82, 2.24) is 0 Å². The van der Waals surface area contributed by atoms with Crippen LogP contribution in [-0.4, -0.2) is 56.4 Å². The average Bonchev–Trinajstić information content (AvgIpc) is 3.41. The van der Waals surface area contributed by atoms with E-state index in [9.17, 15) is 4.79 Å². The van der Waals surface area contributed by atoms with Crippen molar-refractivity contribution in [1.29, 1.82) is 0 Å². The predicted molar refractivity (Wildman–Crippen MR) is 128 cm³/mol. The Morgan fingerprint density at radius 2 is 1.86 bits per heavy atom. The smallest absolute Gasteiger partial charge is 0.306 e. The summed E-state index contributed by atoms with van der Waals surface area (Å²) in [6, 6.07) is 7.95. The van der Waals surface area contributed by atoms with E-state index in [4.69, 9.17) is 33.2 Å². The van der Waals surface area contributed by atoms with Crippen LogP contribution in [0.25, 0.3) is 0 Å². The van der Waals surface area contributed by atoms with Crippen LogP contribution in [0.1, 0.15) is 56.9 Å². The SMILES string of the molecule is O=C1C[C@@H]2[C@@H](C=CCC3OCc4ccccc4O3)[C@H](OC3OCCC[C@H]3OC3CCCCO3)C[C@@H]2O1. The van der Waals surface area contributed by atoms with Gasteiger partial charge in [-0.2, -0.15) is 0 Å². The number of benzene rings is 1. The molecule has 0 radical (unpaired) electrons. The summed E-state index contributed by atoms with van der Waals surface area (Å²) in [5, 5.41) is 0. The Bertz CT molecular complexity index is 928.